The molecule has 1 aliphatic rings. The lowest BCUT2D eigenvalue weighted by Gasteiger charge is -2.23. The van der Waals surface area contributed by atoms with Gasteiger partial charge in [-0.05, 0) is 24.6 Å². The number of nitrogens with one attached hydrogen (secondary N) is 1. The Balaban J connectivity index is 2.12. The maximum absolute atomic E-state index is 12.5. The van der Waals surface area contributed by atoms with Crippen LogP contribution < -0.4 is 5.32 Å². The Labute approximate surface area is 130 Å². The predicted octanol–water partition coefficient (Wildman–Crippen LogP) is 1.29. The van der Waals surface area contributed by atoms with E-state index in [9.17, 15) is 18.0 Å². The standard InChI is InChI=1S/C15H20N2O4S/c1-3-14(18)16-12-6-4-5-11(9-12)15(19)17(2)13-7-8-22(20,21)10-13/h4-6,9,13H,3,7-8,10H2,1-2H3,(H,16,18). The molecule has 120 valence electrons. The van der Waals surface area contributed by atoms with Gasteiger partial charge in [-0.25, -0.2) is 8.42 Å². The molecule has 1 unspecified atom stereocenters. The second-order valence-electron chi connectivity index (χ2n) is 5.46. The number of sulfone groups is 1. The normalized spacial score (nSPS) is 19.6. The third-order valence-electron chi connectivity index (χ3n) is 3.79. The van der Waals surface area contributed by atoms with E-state index in [1.807, 2.05) is 0 Å². The van der Waals surface area contributed by atoms with Gasteiger partial charge in [-0.2, -0.15) is 0 Å². The minimum absolute atomic E-state index is 0.0154. The van der Waals surface area contributed by atoms with Crippen molar-refractivity contribution in [2.75, 3.05) is 23.9 Å². The van der Waals surface area contributed by atoms with Crippen molar-refractivity contribution in [1.82, 2.24) is 4.90 Å². The Hall–Kier alpha value is -1.89. The van der Waals surface area contributed by atoms with Crippen LogP contribution in [0.3, 0.4) is 0 Å². The van der Waals surface area contributed by atoms with Gasteiger partial charge in [0.05, 0.1) is 11.5 Å². The summed E-state index contributed by atoms with van der Waals surface area (Å²) >= 11 is 0. The molecule has 1 aromatic rings. The van der Waals surface area contributed by atoms with E-state index in [2.05, 4.69) is 5.32 Å². The molecule has 0 spiro atoms. The average molecular weight is 324 g/mol. The Morgan fingerprint density at radius 3 is 2.68 bits per heavy atom. The number of nitrogens with zero attached hydrogens (tertiary/aromatic N) is 1. The van der Waals surface area contributed by atoms with E-state index in [1.54, 1.807) is 38.2 Å². The molecule has 1 N–H and O–H groups in total. The molecular formula is C15H20N2O4S. The number of hydrogen-bond acceptors (Lipinski definition) is 4. The van der Waals surface area contributed by atoms with Gasteiger partial charge in [0.2, 0.25) is 5.91 Å². The van der Waals surface area contributed by atoms with Crippen LogP contribution in [0.15, 0.2) is 24.3 Å². The SMILES string of the molecule is CCC(=O)Nc1cccc(C(=O)N(C)C2CCS(=O)(=O)C2)c1. The van der Waals surface area contributed by atoms with Crippen molar-refractivity contribution < 1.29 is 18.0 Å². The first kappa shape index (κ1) is 16.5. The van der Waals surface area contributed by atoms with E-state index < -0.39 is 9.84 Å². The molecule has 0 radical (unpaired) electrons. The van der Waals surface area contributed by atoms with Crippen LogP contribution in [-0.4, -0.2) is 49.7 Å². The van der Waals surface area contributed by atoms with Crippen LogP contribution in [0.5, 0.6) is 0 Å². The third kappa shape index (κ3) is 3.85. The smallest absolute Gasteiger partial charge is 0.253 e. The van der Waals surface area contributed by atoms with Crippen LogP contribution in [0, 0.1) is 0 Å². The van der Waals surface area contributed by atoms with Crippen molar-refractivity contribution in [3.8, 4) is 0 Å². The summed E-state index contributed by atoms with van der Waals surface area (Å²) < 4.78 is 23.1. The zero-order valence-corrected chi connectivity index (χ0v) is 13.5. The van der Waals surface area contributed by atoms with Gasteiger partial charge in [-0.3, -0.25) is 9.59 Å². The summed E-state index contributed by atoms with van der Waals surface area (Å²) in [5, 5.41) is 2.70. The number of carbonyl (C=O) groups is 2. The molecule has 22 heavy (non-hydrogen) atoms. The number of amides is 2. The van der Waals surface area contributed by atoms with Crippen molar-refractivity contribution >= 4 is 27.3 Å². The van der Waals surface area contributed by atoms with Crippen LogP contribution in [0.2, 0.25) is 0 Å². The van der Waals surface area contributed by atoms with Crippen LogP contribution in [0.25, 0.3) is 0 Å². The summed E-state index contributed by atoms with van der Waals surface area (Å²) in [5.74, 6) is -0.224. The Kier molecular flexibility index (Phi) is 4.85. The van der Waals surface area contributed by atoms with Gasteiger partial charge in [0.25, 0.3) is 5.91 Å². The number of carbonyl (C=O) groups excluding carboxylic acids is 2. The number of hydrogen-bond donors (Lipinski definition) is 1. The molecule has 1 atom stereocenters. The molecule has 0 aliphatic carbocycles. The first-order valence-electron chi connectivity index (χ1n) is 7.20. The van der Waals surface area contributed by atoms with E-state index in [-0.39, 0.29) is 29.4 Å². The zero-order chi connectivity index (χ0) is 16.3. The number of anilines is 1. The zero-order valence-electron chi connectivity index (χ0n) is 12.7. The van der Waals surface area contributed by atoms with Crippen LogP contribution in [0.1, 0.15) is 30.1 Å². The molecule has 2 amide bonds. The summed E-state index contributed by atoms with van der Waals surface area (Å²) in [4.78, 5) is 25.3. The van der Waals surface area contributed by atoms with Gasteiger partial charge >= 0.3 is 0 Å². The third-order valence-corrected chi connectivity index (χ3v) is 5.54. The Morgan fingerprint density at radius 1 is 1.36 bits per heavy atom. The Morgan fingerprint density at radius 2 is 2.09 bits per heavy atom. The topological polar surface area (TPSA) is 83.6 Å². The van der Waals surface area contributed by atoms with Crippen molar-refractivity contribution in [2.45, 2.75) is 25.8 Å². The van der Waals surface area contributed by atoms with Gasteiger partial charge in [-0.1, -0.05) is 13.0 Å². The average Bonchev–Trinajstić information content (AvgIpc) is 2.86. The maximum atomic E-state index is 12.5. The fraction of sp³-hybridized carbons (Fsp3) is 0.467. The number of benzene rings is 1. The lowest BCUT2D eigenvalue weighted by atomic mass is 10.1. The van der Waals surface area contributed by atoms with Crippen molar-refractivity contribution in [3.05, 3.63) is 29.8 Å². The van der Waals surface area contributed by atoms with Crippen molar-refractivity contribution in [1.29, 1.82) is 0 Å². The minimum atomic E-state index is -3.03. The second-order valence-corrected chi connectivity index (χ2v) is 7.68. The molecule has 0 saturated carbocycles. The van der Waals surface area contributed by atoms with Gasteiger partial charge in [0.15, 0.2) is 9.84 Å². The van der Waals surface area contributed by atoms with E-state index in [1.165, 1.54) is 4.90 Å². The minimum Gasteiger partial charge on any atom is -0.338 e. The monoisotopic (exact) mass is 324 g/mol. The maximum Gasteiger partial charge on any atom is 0.253 e. The Bertz CT molecular complexity index is 685. The van der Waals surface area contributed by atoms with Crippen LogP contribution in [-0.2, 0) is 14.6 Å². The highest BCUT2D eigenvalue weighted by Gasteiger charge is 2.33. The van der Waals surface area contributed by atoms with Crippen molar-refractivity contribution in [2.24, 2.45) is 0 Å². The van der Waals surface area contributed by atoms with E-state index in [4.69, 9.17) is 0 Å². The highest BCUT2D eigenvalue weighted by molar-refractivity contribution is 7.91. The summed E-state index contributed by atoms with van der Waals surface area (Å²) in [5.41, 5.74) is 0.992. The second kappa shape index (κ2) is 6.48. The molecule has 2 rings (SSSR count). The molecule has 1 saturated heterocycles. The largest absolute Gasteiger partial charge is 0.338 e. The molecule has 1 heterocycles. The fourth-order valence-corrected chi connectivity index (χ4v) is 4.20. The molecule has 6 nitrogen and oxygen atoms in total. The van der Waals surface area contributed by atoms with Gasteiger partial charge in [0, 0.05) is 30.8 Å². The summed E-state index contributed by atoms with van der Waals surface area (Å²) in [6, 6.07) is 6.38. The van der Waals surface area contributed by atoms with Gasteiger partial charge < -0.3 is 10.2 Å². The lowest BCUT2D eigenvalue weighted by Crippen LogP contribution is -2.37. The molecule has 1 aliphatic heterocycles. The van der Waals surface area contributed by atoms with E-state index >= 15 is 0 Å². The highest BCUT2D eigenvalue weighted by atomic mass is 32.2. The molecule has 0 aromatic heterocycles. The van der Waals surface area contributed by atoms with Crippen LogP contribution >= 0.6 is 0 Å². The fourth-order valence-electron chi connectivity index (χ4n) is 2.43. The summed E-state index contributed by atoms with van der Waals surface area (Å²) in [7, 11) is -1.42. The number of rotatable bonds is 4. The highest BCUT2D eigenvalue weighted by Crippen LogP contribution is 2.20. The molecule has 7 heteroatoms. The van der Waals surface area contributed by atoms with Gasteiger partial charge in [0.1, 0.15) is 0 Å². The van der Waals surface area contributed by atoms with Crippen molar-refractivity contribution in [3.63, 3.8) is 0 Å². The molecule has 1 aromatic carbocycles. The predicted molar refractivity (Wildman–Crippen MR) is 84.5 cm³/mol. The first-order valence-corrected chi connectivity index (χ1v) is 9.02. The summed E-state index contributed by atoms with van der Waals surface area (Å²) in [6.07, 6.45) is 0.828. The molecule has 1 fully saturated rings. The lowest BCUT2D eigenvalue weighted by molar-refractivity contribution is -0.115. The summed E-state index contributed by atoms with van der Waals surface area (Å²) in [6.45, 7) is 1.75. The first-order chi connectivity index (χ1) is 10.3. The van der Waals surface area contributed by atoms with E-state index in [0.29, 0.717) is 24.1 Å². The van der Waals surface area contributed by atoms with Gasteiger partial charge in [-0.15, -0.1) is 0 Å². The van der Waals surface area contributed by atoms with Crippen LogP contribution in [0.4, 0.5) is 5.69 Å². The molecule has 0 bridgehead atoms. The quantitative estimate of drug-likeness (QED) is 0.905. The molecular weight excluding hydrogens is 304 g/mol. The van der Waals surface area contributed by atoms with E-state index in [0.717, 1.165) is 0 Å².